The lowest BCUT2D eigenvalue weighted by Gasteiger charge is -2.33. The zero-order valence-corrected chi connectivity index (χ0v) is 13.6. The van der Waals surface area contributed by atoms with Crippen molar-refractivity contribution in [2.45, 2.75) is 38.1 Å². The molecule has 4 rings (SSSR count). The fraction of sp³-hybridized carbons (Fsp3) is 0.588. The topological polar surface area (TPSA) is 56.1 Å². The summed E-state index contributed by atoms with van der Waals surface area (Å²) < 4.78 is 7.59. The van der Waals surface area contributed by atoms with Crippen LogP contribution >= 0.6 is 0 Å². The first-order chi connectivity index (χ1) is 11.3. The molecule has 23 heavy (non-hydrogen) atoms. The first-order valence-electron chi connectivity index (χ1n) is 8.45. The first kappa shape index (κ1) is 14.5. The Morgan fingerprint density at radius 1 is 1.22 bits per heavy atom. The number of rotatable bonds is 5. The Hall–Kier alpha value is -2.11. The number of hydrogen-bond donors (Lipinski definition) is 0. The highest BCUT2D eigenvalue weighted by Crippen LogP contribution is 2.33. The summed E-state index contributed by atoms with van der Waals surface area (Å²) in [6, 6.07) is 1.92. The zero-order valence-electron chi connectivity index (χ0n) is 13.6. The quantitative estimate of drug-likeness (QED) is 0.849. The number of nitrogens with zero attached hydrogens (tertiary/aromatic N) is 5. The zero-order chi connectivity index (χ0) is 15.6. The summed E-state index contributed by atoms with van der Waals surface area (Å²) in [6.45, 7) is 3.12. The van der Waals surface area contributed by atoms with Crippen molar-refractivity contribution in [3.63, 3.8) is 0 Å². The van der Waals surface area contributed by atoms with Crippen molar-refractivity contribution >= 4 is 5.82 Å². The number of anilines is 1. The predicted octanol–water partition coefficient (Wildman–Crippen LogP) is 2.48. The summed E-state index contributed by atoms with van der Waals surface area (Å²) in [5.41, 5.74) is 0. The predicted molar refractivity (Wildman–Crippen MR) is 87.7 cm³/mol. The third-order valence-electron chi connectivity index (χ3n) is 4.85. The minimum atomic E-state index is 0.471. The Kier molecular flexibility index (Phi) is 3.89. The van der Waals surface area contributed by atoms with E-state index in [1.54, 1.807) is 13.4 Å². The summed E-state index contributed by atoms with van der Waals surface area (Å²) in [5, 5.41) is 0. The van der Waals surface area contributed by atoms with Gasteiger partial charge in [0, 0.05) is 44.0 Å². The van der Waals surface area contributed by atoms with E-state index in [4.69, 9.17) is 4.74 Å². The van der Waals surface area contributed by atoms with Crippen LogP contribution in [0, 0.1) is 5.92 Å². The van der Waals surface area contributed by atoms with Crippen molar-refractivity contribution < 1.29 is 4.74 Å². The average molecular weight is 313 g/mol. The lowest BCUT2D eigenvalue weighted by atomic mass is 9.97. The van der Waals surface area contributed by atoms with Crippen molar-refractivity contribution in [2.75, 3.05) is 25.1 Å². The van der Waals surface area contributed by atoms with E-state index in [9.17, 15) is 0 Å². The van der Waals surface area contributed by atoms with Gasteiger partial charge in [0.25, 0.3) is 0 Å². The maximum absolute atomic E-state index is 5.22. The van der Waals surface area contributed by atoms with Crippen molar-refractivity contribution in [1.82, 2.24) is 19.5 Å². The smallest absolute Gasteiger partial charge is 0.218 e. The summed E-state index contributed by atoms with van der Waals surface area (Å²) in [6.07, 6.45) is 10.8. The van der Waals surface area contributed by atoms with Gasteiger partial charge in [-0.15, -0.1) is 0 Å². The maximum Gasteiger partial charge on any atom is 0.218 e. The second-order valence-corrected chi connectivity index (χ2v) is 6.58. The highest BCUT2D eigenvalue weighted by atomic mass is 16.5. The van der Waals surface area contributed by atoms with Gasteiger partial charge < -0.3 is 14.2 Å². The highest BCUT2D eigenvalue weighted by Gasteiger charge is 2.28. The number of hydrogen-bond acceptors (Lipinski definition) is 5. The third-order valence-corrected chi connectivity index (χ3v) is 4.85. The molecule has 3 heterocycles. The molecule has 6 heteroatoms. The molecule has 2 fully saturated rings. The van der Waals surface area contributed by atoms with Crippen LogP contribution in [-0.2, 0) is 6.54 Å². The standard InChI is InChI=1S/C17H23N5O/c1-23-16-9-15(19-12-20-16)21-7-2-3-14(11-21)17-18-6-8-22(17)10-13-4-5-13/h6,8-9,12-14H,2-5,7,10-11H2,1H3. The molecule has 2 aromatic heterocycles. The fourth-order valence-corrected chi connectivity index (χ4v) is 3.42. The summed E-state index contributed by atoms with van der Waals surface area (Å²) in [4.78, 5) is 15.5. The van der Waals surface area contributed by atoms with Crippen LogP contribution in [0.15, 0.2) is 24.8 Å². The number of ether oxygens (including phenoxy) is 1. The maximum atomic E-state index is 5.22. The Labute approximate surface area is 136 Å². The highest BCUT2D eigenvalue weighted by molar-refractivity contribution is 5.41. The van der Waals surface area contributed by atoms with Crippen LogP contribution in [0.1, 0.15) is 37.4 Å². The largest absolute Gasteiger partial charge is 0.481 e. The molecule has 0 radical (unpaired) electrons. The molecular weight excluding hydrogens is 290 g/mol. The number of aromatic nitrogens is 4. The molecule has 2 aliphatic rings. The summed E-state index contributed by atoms with van der Waals surface area (Å²) in [5.74, 6) is 4.14. The van der Waals surface area contributed by atoms with Crippen LogP contribution < -0.4 is 9.64 Å². The minimum Gasteiger partial charge on any atom is -0.481 e. The van der Waals surface area contributed by atoms with E-state index in [0.29, 0.717) is 11.8 Å². The van der Waals surface area contributed by atoms with Gasteiger partial charge in [0.2, 0.25) is 5.88 Å². The lowest BCUT2D eigenvalue weighted by molar-refractivity contribution is 0.396. The van der Waals surface area contributed by atoms with Crippen LogP contribution in [0.5, 0.6) is 5.88 Å². The van der Waals surface area contributed by atoms with E-state index in [2.05, 4.69) is 30.6 Å². The van der Waals surface area contributed by atoms with Crippen LogP contribution in [0.3, 0.4) is 0 Å². The second-order valence-electron chi connectivity index (χ2n) is 6.58. The van der Waals surface area contributed by atoms with Gasteiger partial charge in [-0.1, -0.05) is 0 Å². The van der Waals surface area contributed by atoms with Crippen LogP contribution in [-0.4, -0.2) is 39.7 Å². The van der Waals surface area contributed by atoms with Crippen molar-refractivity contribution in [3.05, 3.63) is 30.6 Å². The van der Waals surface area contributed by atoms with Gasteiger partial charge >= 0.3 is 0 Å². The van der Waals surface area contributed by atoms with Gasteiger partial charge in [-0.05, 0) is 31.6 Å². The minimum absolute atomic E-state index is 0.471. The third kappa shape index (κ3) is 3.16. The van der Waals surface area contributed by atoms with Gasteiger partial charge in [-0.25, -0.2) is 15.0 Å². The molecule has 1 aliphatic heterocycles. The second kappa shape index (κ2) is 6.18. The Morgan fingerprint density at radius 3 is 2.96 bits per heavy atom. The van der Waals surface area contributed by atoms with Crippen LogP contribution in [0.2, 0.25) is 0 Å². The fourth-order valence-electron chi connectivity index (χ4n) is 3.42. The van der Waals surface area contributed by atoms with Gasteiger partial charge in [-0.3, -0.25) is 0 Å². The van der Waals surface area contributed by atoms with E-state index < -0.39 is 0 Å². The first-order valence-corrected chi connectivity index (χ1v) is 8.45. The molecule has 6 nitrogen and oxygen atoms in total. The SMILES string of the molecule is COc1cc(N2CCCC(c3nccn3CC3CC3)C2)ncn1. The van der Waals surface area contributed by atoms with E-state index in [1.807, 2.05) is 12.3 Å². The molecule has 1 unspecified atom stereocenters. The molecule has 1 atom stereocenters. The molecule has 0 bridgehead atoms. The number of imidazole rings is 1. The van der Waals surface area contributed by atoms with E-state index in [1.165, 1.54) is 25.1 Å². The van der Waals surface area contributed by atoms with Gasteiger partial charge in [0.15, 0.2) is 0 Å². The Morgan fingerprint density at radius 2 is 2.13 bits per heavy atom. The molecule has 2 aromatic rings. The number of piperidine rings is 1. The van der Waals surface area contributed by atoms with E-state index in [0.717, 1.165) is 37.8 Å². The Bertz CT molecular complexity index is 667. The molecule has 0 N–H and O–H groups in total. The number of methoxy groups -OCH3 is 1. The summed E-state index contributed by atoms with van der Waals surface area (Å²) >= 11 is 0. The van der Waals surface area contributed by atoms with Crippen molar-refractivity contribution in [3.8, 4) is 5.88 Å². The molecule has 1 saturated heterocycles. The lowest BCUT2D eigenvalue weighted by Crippen LogP contribution is -2.36. The van der Waals surface area contributed by atoms with Gasteiger partial charge in [-0.2, -0.15) is 0 Å². The molecule has 122 valence electrons. The molecular formula is C17H23N5O. The van der Waals surface area contributed by atoms with E-state index in [-0.39, 0.29) is 0 Å². The molecule has 1 aliphatic carbocycles. The summed E-state index contributed by atoms with van der Waals surface area (Å²) in [7, 11) is 1.64. The monoisotopic (exact) mass is 313 g/mol. The van der Waals surface area contributed by atoms with Crippen LogP contribution in [0.4, 0.5) is 5.82 Å². The van der Waals surface area contributed by atoms with E-state index >= 15 is 0 Å². The Balaban J connectivity index is 1.51. The van der Waals surface area contributed by atoms with Crippen molar-refractivity contribution in [1.29, 1.82) is 0 Å². The van der Waals surface area contributed by atoms with Crippen molar-refractivity contribution in [2.24, 2.45) is 5.92 Å². The van der Waals surface area contributed by atoms with Crippen LogP contribution in [0.25, 0.3) is 0 Å². The normalized spacial score (nSPS) is 21.4. The molecule has 0 amide bonds. The van der Waals surface area contributed by atoms with Gasteiger partial charge in [0.05, 0.1) is 7.11 Å². The average Bonchev–Trinajstić information content (AvgIpc) is 3.30. The van der Waals surface area contributed by atoms with Gasteiger partial charge in [0.1, 0.15) is 18.0 Å². The molecule has 0 aromatic carbocycles. The molecule has 0 spiro atoms. The molecule has 1 saturated carbocycles.